The first-order valence-electron chi connectivity index (χ1n) is 8.64. The van der Waals surface area contributed by atoms with E-state index in [4.69, 9.17) is 0 Å². The zero-order chi connectivity index (χ0) is 17.8. The van der Waals surface area contributed by atoms with Crippen LogP contribution in [0.1, 0.15) is 53.2 Å². The molecule has 0 aliphatic carbocycles. The lowest BCUT2D eigenvalue weighted by Gasteiger charge is -2.29. The van der Waals surface area contributed by atoms with E-state index in [0.717, 1.165) is 54.3 Å². The summed E-state index contributed by atoms with van der Waals surface area (Å²) in [7, 11) is 0. The van der Waals surface area contributed by atoms with Crippen molar-refractivity contribution in [1.29, 1.82) is 0 Å². The highest BCUT2D eigenvalue weighted by molar-refractivity contribution is 7.08. The lowest BCUT2D eigenvalue weighted by Crippen LogP contribution is -2.35. The lowest BCUT2D eigenvalue weighted by molar-refractivity contribution is -0.131. The molecule has 1 N–H and O–H groups in total. The van der Waals surface area contributed by atoms with E-state index >= 15 is 0 Å². The summed E-state index contributed by atoms with van der Waals surface area (Å²) >= 11 is 1.13. The molecule has 0 saturated heterocycles. The van der Waals surface area contributed by atoms with Crippen molar-refractivity contribution in [2.24, 2.45) is 0 Å². The van der Waals surface area contributed by atoms with E-state index in [1.54, 1.807) is 0 Å². The summed E-state index contributed by atoms with van der Waals surface area (Å²) in [5.74, 6) is -0.00395. The lowest BCUT2D eigenvalue weighted by atomic mass is 9.99. The van der Waals surface area contributed by atoms with Crippen LogP contribution in [0.3, 0.4) is 0 Å². The smallest absolute Gasteiger partial charge is 0.269 e. The zero-order valence-electron chi connectivity index (χ0n) is 14.5. The number of hydrogen-bond acceptors (Lipinski definition) is 5. The third-order valence-electron chi connectivity index (χ3n) is 4.38. The van der Waals surface area contributed by atoms with Crippen molar-refractivity contribution in [2.45, 2.75) is 46.1 Å². The van der Waals surface area contributed by atoms with Crippen LogP contribution in [-0.2, 0) is 24.2 Å². The third-order valence-corrected chi connectivity index (χ3v) is 5.15. The van der Waals surface area contributed by atoms with Crippen molar-refractivity contribution in [2.75, 3.05) is 11.9 Å². The van der Waals surface area contributed by atoms with E-state index in [1.807, 2.05) is 36.9 Å². The van der Waals surface area contributed by atoms with E-state index in [0.29, 0.717) is 17.8 Å². The third kappa shape index (κ3) is 3.87. The molecule has 0 unspecified atom stereocenters. The molecule has 0 bridgehead atoms. The second kappa shape index (κ2) is 7.74. The molecule has 132 valence electrons. The molecule has 0 fully saturated rings. The highest BCUT2D eigenvalue weighted by Gasteiger charge is 2.21. The largest absolute Gasteiger partial charge is 0.338 e. The average molecular weight is 358 g/mol. The molecule has 3 rings (SSSR count). The molecule has 1 aromatic heterocycles. The second-order valence-corrected chi connectivity index (χ2v) is 6.91. The molecule has 1 aliphatic rings. The van der Waals surface area contributed by atoms with E-state index in [1.165, 1.54) is 5.56 Å². The van der Waals surface area contributed by atoms with Crippen molar-refractivity contribution in [3.05, 3.63) is 39.9 Å². The predicted molar refractivity (Wildman–Crippen MR) is 97.7 cm³/mol. The fourth-order valence-electron chi connectivity index (χ4n) is 3.04. The summed E-state index contributed by atoms with van der Waals surface area (Å²) in [6.45, 7) is 5.30. The molecule has 0 radical (unpaired) electrons. The van der Waals surface area contributed by atoms with Gasteiger partial charge in [0, 0.05) is 25.2 Å². The van der Waals surface area contributed by atoms with Crippen LogP contribution in [0, 0.1) is 0 Å². The van der Waals surface area contributed by atoms with E-state index < -0.39 is 0 Å². The van der Waals surface area contributed by atoms with Crippen molar-refractivity contribution in [1.82, 2.24) is 14.5 Å². The molecule has 2 aromatic rings. The Balaban J connectivity index is 1.75. The number of aryl methyl sites for hydroxylation is 1. The zero-order valence-corrected chi connectivity index (χ0v) is 15.4. The van der Waals surface area contributed by atoms with Gasteiger partial charge in [-0.15, -0.1) is 5.10 Å². The van der Waals surface area contributed by atoms with Crippen LogP contribution in [0.2, 0.25) is 0 Å². The van der Waals surface area contributed by atoms with Crippen LogP contribution < -0.4 is 5.32 Å². The van der Waals surface area contributed by atoms with Gasteiger partial charge in [-0.25, -0.2) is 0 Å². The Morgan fingerprint density at radius 2 is 2.12 bits per heavy atom. The Hall–Kier alpha value is -2.28. The van der Waals surface area contributed by atoms with E-state index in [2.05, 4.69) is 14.9 Å². The highest BCUT2D eigenvalue weighted by Crippen LogP contribution is 2.24. The van der Waals surface area contributed by atoms with Gasteiger partial charge in [0.1, 0.15) is 4.88 Å². The van der Waals surface area contributed by atoms with Gasteiger partial charge in [0.25, 0.3) is 5.91 Å². The number of anilines is 1. The van der Waals surface area contributed by atoms with Gasteiger partial charge in [0.2, 0.25) is 5.91 Å². The summed E-state index contributed by atoms with van der Waals surface area (Å²) < 4.78 is 3.90. The quantitative estimate of drug-likeness (QED) is 0.891. The monoisotopic (exact) mass is 358 g/mol. The molecule has 2 heterocycles. The molecule has 0 atom stereocenters. The van der Waals surface area contributed by atoms with E-state index in [-0.39, 0.29) is 11.8 Å². The molecule has 1 aliphatic heterocycles. The molecule has 1 aromatic carbocycles. The van der Waals surface area contributed by atoms with Crippen molar-refractivity contribution < 1.29 is 9.59 Å². The van der Waals surface area contributed by atoms with Crippen molar-refractivity contribution in [3.8, 4) is 0 Å². The molecule has 25 heavy (non-hydrogen) atoms. The number of carbonyl (C=O) groups excluding carboxylic acids is 2. The molecular weight excluding hydrogens is 336 g/mol. The summed E-state index contributed by atoms with van der Waals surface area (Å²) in [5, 5.41) is 6.98. The van der Waals surface area contributed by atoms with Crippen LogP contribution in [0.4, 0.5) is 5.69 Å². The Morgan fingerprint density at radius 1 is 1.28 bits per heavy atom. The number of benzene rings is 1. The maximum absolute atomic E-state index is 12.5. The van der Waals surface area contributed by atoms with Gasteiger partial charge in [0.05, 0.1) is 5.69 Å². The van der Waals surface area contributed by atoms with E-state index in [9.17, 15) is 9.59 Å². The van der Waals surface area contributed by atoms with Crippen molar-refractivity contribution >= 4 is 29.0 Å². The minimum absolute atomic E-state index is 0.167. The van der Waals surface area contributed by atoms with Crippen LogP contribution in [-0.4, -0.2) is 32.8 Å². The van der Waals surface area contributed by atoms with Gasteiger partial charge in [-0.2, -0.15) is 0 Å². The van der Waals surface area contributed by atoms with Crippen LogP contribution in [0.15, 0.2) is 18.2 Å². The maximum Gasteiger partial charge on any atom is 0.269 e. The Labute approximate surface area is 151 Å². The number of fused-ring (bicyclic) bond motifs is 1. The minimum atomic E-state index is -0.171. The number of amides is 2. The predicted octanol–water partition coefficient (Wildman–Crippen LogP) is 3.04. The molecule has 6 nitrogen and oxygen atoms in total. The average Bonchev–Trinajstić information content (AvgIpc) is 3.09. The van der Waals surface area contributed by atoms with Gasteiger partial charge in [0.15, 0.2) is 0 Å². The van der Waals surface area contributed by atoms with Crippen LogP contribution >= 0.6 is 11.5 Å². The molecule has 0 saturated carbocycles. The topological polar surface area (TPSA) is 75.2 Å². The molecule has 7 heteroatoms. The number of nitrogens with zero attached hydrogens (tertiary/aromatic N) is 3. The first-order valence-corrected chi connectivity index (χ1v) is 9.41. The number of aromatic nitrogens is 2. The Morgan fingerprint density at radius 3 is 2.88 bits per heavy atom. The molecule has 0 spiro atoms. The standard InChI is InChI=1S/C18H22N4O2S/c1-3-5-15-17(25-21-20-15)18(24)19-14-7-6-12-8-9-22(16(23)4-2)11-13(12)10-14/h6-7,10H,3-5,8-9,11H2,1-2H3,(H,19,24). The van der Waals surface area contributed by atoms with Crippen LogP contribution in [0.5, 0.6) is 0 Å². The fourth-order valence-corrected chi connectivity index (χ4v) is 3.64. The van der Waals surface area contributed by atoms with Gasteiger partial charge in [-0.1, -0.05) is 30.8 Å². The summed E-state index contributed by atoms with van der Waals surface area (Å²) in [6, 6.07) is 5.93. The maximum atomic E-state index is 12.5. The summed E-state index contributed by atoms with van der Waals surface area (Å²) in [6.07, 6.45) is 3.04. The van der Waals surface area contributed by atoms with Gasteiger partial charge < -0.3 is 10.2 Å². The summed E-state index contributed by atoms with van der Waals surface area (Å²) in [4.78, 5) is 26.9. The van der Waals surface area contributed by atoms with Gasteiger partial charge >= 0.3 is 0 Å². The second-order valence-electron chi connectivity index (χ2n) is 6.16. The fraction of sp³-hybridized carbons (Fsp3) is 0.444. The Kier molecular flexibility index (Phi) is 5.43. The normalized spacial score (nSPS) is 13.4. The van der Waals surface area contributed by atoms with Crippen molar-refractivity contribution in [3.63, 3.8) is 0 Å². The first-order chi connectivity index (χ1) is 12.1. The van der Waals surface area contributed by atoms with Gasteiger partial charge in [-0.05, 0) is 47.6 Å². The molecular formula is C18H22N4O2S. The van der Waals surface area contributed by atoms with Crippen LogP contribution in [0.25, 0.3) is 0 Å². The Bertz CT molecular complexity index is 787. The highest BCUT2D eigenvalue weighted by atomic mass is 32.1. The minimum Gasteiger partial charge on any atom is -0.338 e. The van der Waals surface area contributed by atoms with Gasteiger partial charge in [-0.3, -0.25) is 9.59 Å². The SMILES string of the molecule is CCCc1nnsc1C(=O)Nc1ccc2c(c1)CN(C(=O)CC)CC2. The number of rotatable bonds is 5. The number of nitrogens with one attached hydrogen (secondary N) is 1. The number of hydrogen-bond donors (Lipinski definition) is 1. The number of carbonyl (C=O) groups is 2. The summed E-state index contributed by atoms with van der Waals surface area (Å²) in [5.41, 5.74) is 3.83. The first kappa shape index (κ1) is 17.5. The molecule has 2 amide bonds.